The van der Waals surface area contributed by atoms with Gasteiger partial charge >= 0.3 is 6.18 Å². The third-order valence-corrected chi connectivity index (χ3v) is 3.41. The van der Waals surface area contributed by atoms with Gasteiger partial charge in [-0.15, -0.1) is 10.2 Å². The SMILES string of the molecule is Cn1cnnc1S/C=C/C(=O)c1ccc(C(F)(F)F)cc1. The van der Waals surface area contributed by atoms with E-state index < -0.39 is 11.7 Å². The Balaban J connectivity index is 2.02. The van der Waals surface area contributed by atoms with E-state index >= 15 is 0 Å². The number of benzene rings is 1. The summed E-state index contributed by atoms with van der Waals surface area (Å²) in [5.41, 5.74) is -0.589. The van der Waals surface area contributed by atoms with Crippen molar-refractivity contribution in [3.63, 3.8) is 0 Å². The van der Waals surface area contributed by atoms with Crippen LogP contribution in [0.2, 0.25) is 0 Å². The number of thioether (sulfide) groups is 1. The highest BCUT2D eigenvalue weighted by Crippen LogP contribution is 2.29. The molecular weight excluding hydrogens is 303 g/mol. The number of alkyl halides is 3. The second kappa shape index (κ2) is 6.13. The Labute approximate surface area is 122 Å². The average molecular weight is 313 g/mol. The molecule has 0 amide bonds. The number of aryl methyl sites for hydroxylation is 1. The minimum Gasteiger partial charge on any atom is -0.312 e. The first-order valence-electron chi connectivity index (χ1n) is 5.77. The molecule has 1 heterocycles. The minimum atomic E-state index is -4.40. The number of hydrogen-bond acceptors (Lipinski definition) is 4. The number of carbonyl (C=O) groups is 1. The number of ketones is 1. The van der Waals surface area contributed by atoms with Gasteiger partial charge in [0.1, 0.15) is 6.33 Å². The summed E-state index contributed by atoms with van der Waals surface area (Å²) >= 11 is 1.19. The van der Waals surface area contributed by atoms with Gasteiger partial charge in [-0.25, -0.2) is 0 Å². The fourth-order valence-electron chi connectivity index (χ4n) is 1.46. The van der Waals surface area contributed by atoms with Gasteiger partial charge in [-0.3, -0.25) is 4.79 Å². The van der Waals surface area contributed by atoms with E-state index in [4.69, 9.17) is 0 Å². The van der Waals surface area contributed by atoms with Gasteiger partial charge in [-0.05, 0) is 23.6 Å². The van der Waals surface area contributed by atoms with Crippen molar-refractivity contribution >= 4 is 17.5 Å². The van der Waals surface area contributed by atoms with Crippen LogP contribution in [0.25, 0.3) is 0 Å². The Hall–Kier alpha value is -2.09. The molecule has 1 aromatic heterocycles. The molecule has 2 rings (SSSR count). The van der Waals surface area contributed by atoms with Gasteiger partial charge in [0.15, 0.2) is 10.9 Å². The Morgan fingerprint density at radius 1 is 1.29 bits per heavy atom. The highest BCUT2D eigenvalue weighted by Gasteiger charge is 2.30. The summed E-state index contributed by atoms with van der Waals surface area (Å²) in [4.78, 5) is 11.8. The zero-order chi connectivity index (χ0) is 15.5. The van der Waals surface area contributed by atoms with Gasteiger partial charge in [-0.1, -0.05) is 23.9 Å². The summed E-state index contributed by atoms with van der Waals surface area (Å²) in [7, 11) is 1.76. The summed E-state index contributed by atoms with van der Waals surface area (Å²) in [6, 6.07) is 4.08. The molecule has 0 unspecified atom stereocenters. The molecular formula is C13H10F3N3OS. The van der Waals surface area contributed by atoms with Crippen molar-refractivity contribution in [2.24, 2.45) is 7.05 Å². The summed E-state index contributed by atoms with van der Waals surface area (Å²) in [6.07, 6.45) is -1.60. The van der Waals surface area contributed by atoms with E-state index in [-0.39, 0.29) is 11.3 Å². The summed E-state index contributed by atoms with van der Waals surface area (Å²) in [5, 5.41) is 9.61. The molecule has 2 aromatic rings. The molecule has 8 heteroatoms. The zero-order valence-electron chi connectivity index (χ0n) is 10.8. The first kappa shape index (κ1) is 15.3. The Morgan fingerprint density at radius 2 is 1.95 bits per heavy atom. The molecule has 0 saturated heterocycles. The summed E-state index contributed by atoms with van der Waals surface area (Å²) in [6.45, 7) is 0. The van der Waals surface area contributed by atoms with Gasteiger partial charge in [-0.2, -0.15) is 13.2 Å². The molecule has 0 spiro atoms. The molecule has 110 valence electrons. The first-order chi connectivity index (χ1) is 9.88. The van der Waals surface area contributed by atoms with E-state index in [1.807, 2.05) is 0 Å². The van der Waals surface area contributed by atoms with Crippen LogP contribution in [0.5, 0.6) is 0 Å². The van der Waals surface area contributed by atoms with E-state index in [9.17, 15) is 18.0 Å². The van der Waals surface area contributed by atoms with Crippen molar-refractivity contribution in [3.8, 4) is 0 Å². The molecule has 0 atom stereocenters. The third-order valence-electron chi connectivity index (χ3n) is 2.56. The van der Waals surface area contributed by atoms with Crippen LogP contribution in [0.4, 0.5) is 13.2 Å². The van der Waals surface area contributed by atoms with Crippen LogP contribution in [0.15, 0.2) is 47.2 Å². The molecule has 0 aliphatic heterocycles. The molecule has 0 aliphatic rings. The van der Waals surface area contributed by atoms with Crippen LogP contribution in [-0.4, -0.2) is 20.5 Å². The van der Waals surface area contributed by atoms with Crippen molar-refractivity contribution in [3.05, 3.63) is 53.2 Å². The van der Waals surface area contributed by atoms with Crippen molar-refractivity contribution in [1.82, 2.24) is 14.8 Å². The van der Waals surface area contributed by atoms with E-state index in [0.717, 1.165) is 24.3 Å². The van der Waals surface area contributed by atoms with Gasteiger partial charge in [0.05, 0.1) is 5.56 Å². The van der Waals surface area contributed by atoms with Crippen LogP contribution >= 0.6 is 11.8 Å². The molecule has 0 fully saturated rings. The first-order valence-corrected chi connectivity index (χ1v) is 6.64. The lowest BCUT2D eigenvalue weighted by Crippen LogP contribution is -2.05. The lowest BCUT2D eigenvalue weighted by molar-refractivity contribution is -0.137. The number of rotatable bonds is 4. The fraction of sp³-hybridized carbons (Fsp3) is 0.154. The maximum Gasteiger partial charge on any atom is 0.416 e. The molecule has 0 saturated carbocycles. The maximum absolute atomic E-state index is 12.4. The largest absolute Gasteiger partial charge is 0.416 e. The van der Waals surface area contributed by atoms with E-state index in [2.05, 4.69) is 10.2 Å². The van der Waals surface area contributed by atoms with Crippen LogP contribution in [0, 0.1) is 0 Å². The number of aromatic nitrogens is 3. The van der Waals surface area contributed by atoms with Crippen LogP contribution in [-0.2, 0) is 13.2 Å². The average Bonchev–Trinajstić information content (AvgIpc) is 2.83. The van der Waals surface area contributed by atoms with E-state index in [1.54, 1.807) is 11.6 Å². The van der Waals surface area contributed by atoms with Crippen molar-refractivity contribution in [2.45, 2.75) is 11.3 Å². The lowest BCUT2D eigenvalue weighted by Gasteiger charge is -2.06. The second-order valence-corrected chi connectivity index (χ2v) is 4.96. The normalized spacial score (nSPS) is 12.0. The lowest BCUT2D eigenvalue weighted by atomic mass is 10.1. The Morgan fingerprint density at radius 3 is 2.48 bits per heavy atom. The van der Waals surface area contributed by atoms with Crippen molar-refractivity contribution < 1.29 is 18.0 Å². The predicted octanol–water partition coefficient (Wildman–Crippen LogP) is 3.32. The van der Waals surface area contributed by atoms with Gasteiger partial charge in [0, 0.05) is 12.6 Å². The summed E-state index contributed by atoms with van der Waals surface area (Å²) in [5.74, 6) is -0.376. The molecule has 21 heavy (non-hydrogen) atoms. The van der Waals surface area contributed by atoms with E-state index in [1.165, 1.54) is 29.6 Å². The molecule has 1 aromatic carbocycles. The highest BCUT2D eigenvalue weighted by atomic mass is 32.2. The number of hydrogen-bond donors (Lipinski definition) is 0. The van der Waals surface area contributed by atoms with Crippen molar-refractivity contribution in [2.75, 3.05) is 0 Å². The predicted molar refractivity (Wildman–Crippen MR) is 71.8 cm³/mol. The maximum atomic E-state index is 12.4. The van der Waals surface area contributed by atoms with Crippen molar-refractivity contribution in [1.29, 1.82) is 0 Å². The number of allylic oxidation sites excluding steroid dienone is 1. The molecule has 0 bridgehead atoms. The molecule has 0 radical (unpaired) electrons. The van der Waals surface area contributed by atoms with E-state index in [0.29, 0.717) is 5.16 Å². The third kappa shape index (κ3) is 3.94. The number of halogens is 3. The zero-order valence-corrected chi connectivity index (χ0v) is 11.6. The fourth-order valence-corrected chi connectivity index (χ4v) is 2.08. The highest BCUT2D eigenvalue weighted by molar-refractivity contribution is 8.02. The molecule has 0 N–H and O–H groups in total. The standard InChI is InChI=1S/C13H10F3N3OS/c1-19-8-17-18-12(19)21-7-6-11(20)9-2-4-10(5-3-9)13(14,15)16/h2-8H,1H3/b7-6+. The smallest absolute Gasteiger partial charge is 0.312 e. The monoisotopic (exact) mass is 313 g/mol. The molecule has 0 aliphatic carbocycles. The minimum absolute atomic E-state index is 0.192. The number of nitrogens with zero attached hydrogens (tertiary/aromatic N) is 3. The topological polar surface area (TPSA) is 47.8 Å². The van der Waals surface area contributed by atoms with Crippen LogP contribution in [0.3, 0.4) is 0 Å². The van der Waals surface area contributed by atoms with Gasteiger partial charge in [0.25, 0.3) is 0 Å². The number of carbonyl (C=O) groups excluding carboxylic acids is 1. The second-order valence-electron chi connectivity index (χ2n) is 4.08. The van der Waals surface area contributed by atoms with Crippen LogP contribution < -0.4 is 0 Å². The Bertz CT molecular complexity index is 662. The summed E-state index contributed by atoms with van der Waals surface area (Å²) < 4.78 is 38.9. The Kier molecular flexibility index (Phi) is 4.46. The van der Waals surface area contributed by atoms with Gasteiger partial charge in [0.2, 0.25) is 0 Å². The molecule has 4 nitrogen and oxygen atoms in total. The van der Waals surface area contributed by atoms with Crippen LogP contribution in [0.1, 0.15) is 15.9 Å². The van der Waals surface area contributed by atoms with Gasteiger partial charge < -0.3 is 4.57 Å². The quantitative estimate of drug-likeness (QED) is 0.493.